The molecule has 0 saturated heterocycles. The highest BCUT2D eigenvalue weighted by Crippen LogP contribution is 2.32. The van der Waals surface area contributed by atoms with Crippen LogP contribution in [0.15, 0.2) is 79.1 Å². The summed E-state index contributed by atoms with van der Waals surface area (Å²) in [5.41, 5.74) is 5.90. The Morgan fingerprint density at radius 1 is 0.862 bits per heavy atom. The van der Waals surface area contributed by atoms with E-state index in [9.17, 15) is 4.39 Å². The maximum Gasteiger partial charge on any atom is 0.166 e. The molecule has 3 aromatic heterocycles. The second-order valence-electron chi connectivity index (χ2n) is 7.13. The molecule has 0 atom stereocenters. The minimum absolute atomic E-state index is 0.288. The molecule has 0 aliphatic carbocycles. The predicted molar refractivity (Wildman–Crippen MR) is 113 cm³/mol. The molecule has 3 heterocycles. The SMILES string of the molecule is Cc1ccc(-c2c(C)nn3c(-c4ccccc4F)cc(-n4cccc4)nc23)cc1. The highest BCUT2D eigenvalue weighted by Gasteiger charge is 2.19. The van der Waals surface area contributed by atoms with E-state index in [0.717, 1.165) is 16.8 Å². The van der Waals surface area contributed by atoms with Crippen LogP contribution in [0, 0.1) is 19.7 Å². The van der Waals surface area contributed by atoms with Gasteiger partial charge in [0.2, 0.25) is 0 Å². The predicted octanol–water partition coefficient (Wildman–Crippen LogP) is 5.61. The second kappa shape index (κ2) is 6.71. The van der Waals surface area contributed by atoms with Crippen LogP contribution in [0.25, 0.3) is 33.8 Å². The standard InChI is InChI=1S/C24H19FN4/c1-16-9-11-18(12-10-16)23-17(2)27-29-21(19-7-3-4-8-20(19)25)15-22(26-24(23)29)28-13-5-6-14-28/h3-15H,1-2H3. The van der Waals surface area contributed by atoms with E-state index >= 15 is 0 Å². The normalized spacial score (nSPS) is 11.3. The summed E-state index contributed by atoms with van der Waals surface area (Å²) in [4.78, 5) is 4.89. The number of benzene rings is 2. The molecule has 5 aromatic rings. The van der Waals surface area contributed by atoms with E-state index in [2.05, 4.69) is 31.2 Å². The summed E-state index contributed by atoms with van der Waals surface area (Å²) in [5, 5.41) is 4.73. The van der Waals surface area contributed by atoms with Gasteiger partial charge in [-0.3, -0.25) is 0 Å². The average molecular weight is 382 g/mol. The van der Waals surface area contributed by atoms with E-state index in [-0.39, 0.29) is 5.82 Å². The number of rotatable bonds is 3. The number of nitrogens with zero attached hydrogens (tertiary/aromatic N) is 4. The zero-order valence-electron chi connectivity index (χ0n) is 16.2. The molecule has 5 rings (SSSR count). The summed E-state index contributed by atoms with van der Waals surface area (Å²) < 4.78 is 18.4. The first kappa shape index (κ1) is 17.4. The monoisotopic (exact) mass is 382 g/mol. The largest absolute Gasteiger partial charge is 0.309 e. The van der Waals surface area contributed by atoms with E-state index < -0.39 is 0 Å². The lowest BCUT2D eigenvalue weighted by Crippen LogP contribution is -2.03. The van der Waals surface area contributed by atoms with Gasteiger partial charge in [0, 0.05) is 29.6 Å². The zero-order chi connectivity index (χ0) is 20.0. The molecule has 5 heteroatoms. The van der Waals surface area contributed by atoms with Crippen LogP contribution in [0.4, 0.5) is 4.39 Å². The van der Waals surface area contributed by atoms with E-state index in [4.69, 9.17) is 10.1 Å². The molecule has 0 fully saturated rings. The fourth-order valence-electron chi connectivity index (χ4n) is 3.65. The Morgan fingerprint density at radius 2 is 1.59 bits per heavy atom. The van der Waals surface area contributed by atoms with Gasteiger partial charge in [0.25, 0.3) is 0 Å². The van der Waals surface area contributed by atoms with Crippen molar-refractivity contribution in [3.63, 3.8) is 0 Å². The Morgan fingerprint density at radius 3 is 2.31 bits per heavy atom. The Hall–Kier alpha value is -3.73. The minimum Gasteiger partial charge on any atom is -0.309 e. The molecule has 0 aliphatic heterocycles. The Bertz CT molecular complexity index is 1320. The lowest BCUT2D eigenvalue weighted by atomic mass is 10.0. The first-order valence-corrected chi connectivity index (χ1v) is 9.47. The number of hydrogen-bond acceptors (Lipinski definition) is 2. The van der Waals surface area contributed by atoms with Gasteiger partial charge in [-0.25, -0.2) is 13.9 Å². The van der Waals surface area contributed by atoms with Crippen molar-refractivity contribution in [3.05, 3.63) is 96.2 Å². The van der Waals surface area contributed by atoms with E-state index in [1.165, 1.54) is 11.6 Å². The molecule has 2 aromatic carbocycles. The van der Waals surface area contributed by atoms with Crippen molar-refractivity contribution < 1.29 is 4.39 Å². The fraction of sp³-hybridized carbons (Fsp3) is 0.0833. The van der Waals surface area contributed by atoms with Gasteiger partial charge in [-0.1, -0.05) is 42.0 Å². The molecule has 0 saturated carbocycles. The number of hydrogen-bond donors (Lipinski definition) is 0. The summed E-state index contributed by atoms with van der Waals surface area (Å²) in [6.07, 6.45) is 3.86. The van der Waals surface area contributed by atoms with Gasteiger partial charge in [-0.15, -0.1) is 0 Å². The van der Waals surface area contributed by atoms with E-state index in [1.54, 1.807) is 16.6 Å². The van der Waals surface area contributed by atoms with Crippen molar-refractivity contribution in [2.75, 3.05) is 0 Å². The average Bonchev–Trinajstić information content (AvgIpc) is 3.36. The lowest BCUT2D eigenvalue weighted by Gasteiger charge is -2.11. The Balaban J connectivity index is 1.86. The number of aromatic nitrogens is 4. The van der Waals surface area contributed by atoms with Crippen LogP contribution >= 0.6 is 0 Å². The van der Waals surface area contributed by atoms with Gasteiger partial charge in [0.15, 0.2) is 5.65 Å². The van der Waals surface area contributed by atoms with E-state index in [1.807, 2.05) is 48.1 Å². The van der Waals surface area contributed by atoms with Crippen molar-refractivity contribution in [1.82, 2.24) is 19.2 Å². The molecular formula is C24H19FN4. The molecule has 0 spiro atoms. The first-order chi connectivity index (χ1) is 14.1. The van der Waals surface area contributed by atoms with Crippen LogP contribution < -0.4 is 0 Å². The van der Waals surface area contributed by atoms with Crippen molar-refractivity contribution in [2.45, 2.75) is 13.8 Å². The summed E-state index contributed by atoms with van der Waals surface area (Å²) in [7, 11) is 0. The molecule has 0 radical (unpaired) electrons. The number of fused-ring (bicyclic) bond motifs is 1. The second-order valence-corrected chi connectivity index (χ2v) is 7.13. The third-order valence-electron chi connectivity index (χ3n) is 5.11. The molecule has 142 valence electrons. The summed E-state index contributed by atoms with van der Waals surface area (Å²) in [6, 6.07) is 20.8. The van der Waals surface area contributed by atoms with Crippen LogP contribution in [-0.2, 0) is 0 Å². The highest BCUT2D eigenvalue weighted by molar-refractivity contribution is 5.82. The van der Waals surface area contributed by atoms with Crippen LogP contribution in [0.1, 0.15) is 11.3 Å². The Kier molecular flexibility index (Phi) is 4.02. The minimum atomic E-state index is -0.288. The molecule has 29 heavy (non-hydrogen) atoms. The third-order valence-corrected chi connectivity index (χ3v) is 5.11. The molecule has 0 aliphatic rings. The zero-order valence-corrected chi connectivity index (χ0v) is 16.2. The van der Waals surface area contributed by atoms with Crippen LogP contribution in [0.2, 0.25) is 0 Å². The van der Waals surface area contributed by atoms with Crippen LogP contribution in [0.5, 0.6) is 0 Å². The number of halogens is 1. The maximum atomic E-state index is 14.7. The maximum absolute atomic E-state index is 14.7. The van der Waals surface area contributed by atoms with Crippen molar-refractivity contribution in [2.24, 2.45) is 0 Å². The summed E-state index contributed by atoms with van der Waals surface area (Å²) in [6.45, 7) is 4.02. The molecule has 0 amide bonds. The number of aryl methyl sites for hydroxylation is 2. The van der Waals surface area contributed by atoms with Crippen molar-refractivity contribution >= 4 is 5.65 Å². The Labute approximate surface area is 167 Å². The molecule has 0 unspecified atom stereocenters. The molecule has 0 N–H and O–H groups in total. The smallest absolute Gasteiger partial charge is 0.166 e. The third kappa shape index (κ3) is 2.91. The summed E-state index contributed by atoms with van der Waals surface area (Å²) >= 11 is 0. The lowest BCUT2D eigenvalue weighted by molar-refractivity contribution is 0.629. The molecule has 0 bridgehead atoms. The highest BCUT2D eigenvalue weighted by atomic mass is 19.1. The van der Waals surface area contributed by atoms with Gasteiger partial charge in [-0.05, 0) is 43.7 Å². The van der Waals surface area contributed by atoms with Crippen LogP contribution in [-0.4, -0.2) is 19.2 Å². The fourth-order valence-corrected chi connectivity index (χ4v) is 3.65. The van der Waals surface area contributed by atoms with Gasteiger partial charge >= 0.3 is 0 Å². The summed E-state index contributed by atoms with van der Waals surface area (Å²) in [5.74, 6) is 0.428. The topological polar surface area (TPSA) is 35.1 Å². The van der Waals surface area contributed by atoms with Gasteiger partial charge in [0.1, 0.15) is 11.6 Å². The van der Waals surface area contributed by atoms with E-state index in [0.29, 0.717) is 22.7 Å². The molecule has 4 nitrogen and oxygen atoms in total. The quantitative estimate of drug-likeness (QED) is 0.406. The first-order valence-electron chi connectivity index (χ1n) is 9.47. The van der Waals surface area contributed by atoms with Gasteiger partial charge in [0.05, 0.1) is 11.4 Å². The van der Waals surface area contributed by atoms with Gasteiger partial charge in [-0.2, -0.15) is 5.10 Å². The van der Waals surface area contributed by atoms with Crippen LogP contribution in [0.3, 0.4) is 0 Å². The van der Waals surface area contributed by atoms with Crippen molar-refractivity contribution in [3.8, 4) is 28.2 Å². The van der Waals surface area contributed by atoms with Gasteiger partial charge < -0.3 is 4.57 Å². The molecular weight excluding hydrogens is 363 g/mol. The van der Waals surface area contributed by atoms with Crippen molar-refractivity contribution in [1.29, 1.82) is 0 Å².